The first-order chi connectivity index (χ1) is 6.52. The molecule has 5 nitrogen and oxygen atoms in total. The predicted octanol–water partition coefficient (Wildman–Crippen LogP) is -0.273. The van der Waals surface area contributed by atoms with Crippen LogP contribution in [-0.4, -0.2) is 62.7 Å². The quantitative estimate of drug-likeness (QED) is 0.504. The first kappa shape index (κ1) is 13.9. The van der Waals surface area contributed by atoms with E-state index >= 15 is 0 Å². The molecule has 0 aromatic heterocycles. The van der Waals surface area contributed by atoms with Crippen LogP contribution in [0.1, 0.15) is 13.3 Å². The summed E-state index contributed by atoms with van der Waals surface area (Å²) in [5.74, 6) is -2.91. The SMILES string of the molecule is CCNC([CH2][Na])C(CC(=O)O)C(=O)O. The summed E-state index contributed by atoms with van der Waals surface area (Å²) in [4.78, 5) is 21.3. The van der Waals surface area contributed by atoms with Gasteiger partial charge in [-0.05, 0) is 0 Å². The molecule has 0 fully saturated rings. The van der Waals surface area contributed by atoms with Crippen molar-refractivity contribution in [1.82, 2.24) is 5.32 Å². The fraction of sp³-hybridized carbons (Fsp3) is 0.750. The van der Waals surface area contributed by atoms with Crippen molar-refractivity contribution < 1.29 is 19.8 Å². The van der Waals surface area contributed by atoms with Gasteiger partial charge < -0.3 is 0 Å². The predicted molar refractivity (Wildman–Crippen MR) is 51.4 cm³/mol. The Hall–Kier alpha value is -0.100. The van der Waals surface area contributed by atoms with Crippen molar-refractivity contribution in [2.75, 3.05) is 6.54 Å². The van der Waals surface area contributed by atoms with Gasteiger partial charge in [0.15, 0.2) is 0 Å². The van der Waals surface area contributed by atoms with Crippen LogP contribution in [0.3, 0.4) is 0 Å². The van der Waals surface area contributed by atoms with E-state index in [4.69, 9.17) is 10.2 Å². The Bertz CT molecular complexity index is 210. The van der Waals surface area contributed by atoms with Crippen LogP contribution in [0.2, 0.25) is 3.67 Å². The number of carboxylic acids is 2. The molecule has 6 heteroatoms. The third kappa shape index (κ3) is 4.95. The molecule has 14 heavy (non-hydrogen) atoms. The molecule has 0 aliphatic heterocycles. The van der Waals surface area contributed by atoms with Crippen LogP contribution in [0.25, 0.3) is 0 Å². The first-order valence-corrected chi connectivity index (χ1v) is 6.12. The molecule has 0 radical (unpaired) electrons. The second-order valence-corrected chi connectivity index (χ2v) is 3.93. The molecule has 0 aliphatic rings. The van der Waals surface area contributed by atoms with Crippen LogP contribution in [0, 0.1) is 5.92 Å². The molecule has 0 saturated heterocycles. The summed E-state index contributed by atoms with van der Waals surface area (Å²) in [6, 6.07) is -0.208. The molecule has 0 heterocycles. The van der Waals surface area contributed by atoms with Crippen molar-refractivity contribution in [3.8, 4) is 0 Å². The summed E-state index contributed by atoms with van der Waals surface area (Å²) < 4.78 is 0.748. The maximum atomic E-state index is 10.8. The van der Waals surface area contributed by atoms with Crippen LogP contribution in [0.4, 0.5) is 0 Å². The van der Waals surface area contributed by atoms with Gasteiger partial charge in [-0.25, -0.2) is 0 Å². The summed E-state index contributed by atoms with van der Waals surface area (Å²) >= 11 is 0.862. The van der Waals surface area contributed by atoms with E-state index in [1.54, 1.807) is 0 Å². The van der Waals surface area contributed by atoms with Crippen molar-refractivity contribution in [3.05, 3.63) is 0 Å². The Morgan fingerprint density at radius 2 is 2.00 bits per heavy atom. The van der Waals surface area contributed by atoms with E-state index in [1.807, 2.05) is 6.92 Å². The molecule has 2 unspecified atom stereocenters. The van der Waals surface area contributed by atoms with Crippen LogP contribution in [0.15, 0.2) is 0 Å². The molecule has 0 spiro atoms. The molecule has 2 atom stereocenters. The van der Waals surface area contributed by atoms with Gasteiger partial charge in [0.1, 0.15) is 0 Å². The van der Waals surface area contributed by atoms with Crippen molar-refractivity contribution in [2.45, 2.75) is 23.1 Å². The maximum absolute atomic E-state index is 10.8. The average Bonchev–Trinajstić information content (AvgIpc) is 2.10. The van der Waals surface area contributed by atoms with Crippen molar-refractivity contribution in [3.63, 3.8) is 0 Å². The molecular weight excluding hydrogens is 197 g/mol. The molecule has 0 aromatic carbocycles. The van der Waals surface area contributed by atoms with Crippen molar-refractivity contribution in [2.24, 2.45) is 5.92 Å². The van der Waals surface area contributed by atoms with Crippen LogP contribution < -0.4 is 5.32 Å². The monoisotopic (exact) mass is 211 g/mol. The Labute approximate surface area is 100 Å². The molecule has 0 aliphatic carbocycles. The molecule has 0 saturated carbocycles. The normalized spacial score (nSPS) is 14.8. The summed E-state index contributed by atoms with van der Waals surface area (Å²) in [6.07, 6.45) is -0.310. The third-order valence-corrected chi connectivity index (χ3v) is 2.98. The Morgan fingerprint density at radius 1 is 1.43 bits per heavy atom. The number of aliphatic carboxylic acids is 2. The first-order valence-electron chi connectivity index (χ1n) is 4.70. The Balaban J connectivity index is 4.42. The van der Waals surface area contributed by atoms with Crippen LogP contribution >= 0.6 is 0 Å². The minimum absolute atomic E-state index is 0.208. The molecule has 0 rings (SSSR count). The number of rotatable bonds is 7. The topological polar surface area (TPSA) is 86.6 Å². The third-order valence-electron chi connectivity index (χ3n) is 2.10. The van der Waals surface area contributed by atoms with Gasteiger partial charge in [-0.2, -0.15) is 0 Å². The molecule has 0 amide bonds. The summed E-state index contributed by atoms with van der Waals surface area (Å²) in [6.45, 7) is 2.54. The van der Waals surface area contributed by atoms with E-state index in [0.29, 0.717) is 6.54 Å². The van der Waals surface area contributed by atoms with E-state index < -0.39 is 17.9 Å². The molecule has 76 valence electrons. The van der Waals surface area contributed by atoms with E-state index in [1.165, 1.54) is 0 Å². The van der Waals surface area contributed by atoms with E-state index in [2.05, 4.69) is 5.32 Å². The van der Waals surface area contributed by atoms with Gasteiger partial charge in [0.25, 0.3) is 0 Å². The fourth-order valence-electron chi connectivity index (χ4n) is 1.42. The minimum atomic E-state index is -1.06. The summed E-state index contributed by atoms with van der Waals surface area (Å²) in [5.41, 5.74) is 0. The molecule has 0 aromatic rings. The number of carbonyl (C=O) groups is 2. The van der Waals surface area contributed by atoms with Gasteiger partial charge in [-0.1, -0.05) is 0 Å². The van der Waals surface area contributed by atoms with Crippen LogP contribution in [-0.2, 0) is 9.59 Å². The van der Waals surface area contributed by atoms with E-state index in [-0.39, 0.29) is 12.5 Å². The van der Waals surface area contributed by atoms with E-state index in [9.17, 15) is 9.59 Å². The van der Waals surface area contributed by atoms with Gasteiger partial charge in [-0.15, -0.1) is 0 Å². The number of carboxylic acid groups (broad SMARTS) is 2. The molecule has 0 bridgehead atoms. The number of hydrogen-bond donors (Lipinski definition) is 3. The Kier molecular flexibility index (Phi) is 7.17. The number of hydrogen-bond acceptors (Lipinski definition) is 3. The average molecular weight is 211 g/mol. The van der Waals surface area contributed by atoms with Gasteiger partial charge in [0.2, 0.25) is 0 Å². The molecular formula is C8H14NNaO4. The zero-order chi connectivity index (χ0) is 11.1. The zero-order valence-electron chi connectivity index (χ0n) is 8.49. The van der Waals surface area contributed by atoms with Crippen LogP contribution in [0.5, 0.6) is 0 Å². The zero-order valence-corrected chi connectivity index (χ0v) is 10.5. The summed E-state index contributed by atoms with van der Waals surface area (Å²) in [7, 11) is 0. The second kappa shape index (κ2) is 7.23. The fourth-order valence-corrected chi connectivity index (χ4v) is 2.28. The van der Waals surface area contributed by atoms with E-state index in [0.717, 1.165) is 31.6 Å². The number of nitrogens with one attached hydrogen (secondary N) is 1. The van der Waals surface area contributed by atoms with Crippen molar-refractivity contribution in [1.29, 1.82) is 0 Å². The van der Waals surface area contributed by atoms with Crippen molar-refractivity contribution >= 4 is 39.9 Å². The van der Waals surface area contributed by atoms with Gasteiger partial charge in [-0.3, -0.25) is 0 Å². The van der Waals surface area contributed by atoms with Gasteiger partial charge >= 0.3 is 101 Å². The summed E-state index contributed by atoms with van der Waals surface area (Å²) in [5, 5.41) is 20.4. The standard InChI is InChI=1S/C8H14NO4.Na/c1-3-9-5(2)6(8(12)13)4-7(10)11;/h5-6,9H,2-4H2,1H3,(H,10,11)(H,12,13);. The Morgan fingerprint density at radius 3 is 2.29 bits per heavy atom. The second-order valence-electron chi connectivity index (χ2n) is 3.12. The van der Waals surface area contributed by atoms with Gasteiger partial charge in [0, 0.05) is 0 Å². The molecule has 3 N–H and O–H groups in total. The van der Waals surface area contributed by atoms with Gasteiger partial charge in [0.05, 0.1) is 0 Å².